The van der Waals surface area contributed by atoms with Crippen molar-refractivity contribution in [2.45, 2.75) is 0 Å². The van der Waals surface area contributed by atoms with Crippen molar-refractivity contribution in [2.75, 3.05) is 4.90 Å². The highest BCUT2D eigenvalue weighted by Gasteiger charge is 2.17. The molecule has 0 spiro atoms. The van der Waals surface area contributed by atoms with E-state index >= 15 is 0 Å². The van der Waals surface area contributed by atoms with Gasteiger partial charge < -0.3 is 4.90 Å². The lowest BCUT2D eigenvalue weighted by Crippen LogP contribution is -2.10. The number of para-hydroxylation sites is 1. The van der Waals surface area contributed by atoms with E-state index in [0.717, 1.165) is 38.4 Å². The number of rotatable bonds is 4. The van der Waals surface area contributed by atoms with Crippen LogP contribution in [-0.2, 0) is 0 Å². The Bertz CT molecular complexity index is 2460. The molecule has 0 aliphatic heterocycles. The highest BCUT2D eigenvalue weighted by atomic mass is 15.1. The largest absolute Gasteiger partial charge is 0.310 e. The summed E-state index contributed by atoms with van der Waals surface area (Å²) in [5, 5.41) is 8.77. The molecule has 192 valence electrons. The van der Waals surface area contributed by atoms with Gasteiger partial charge in [-0.1, -0.05) is 127 Å². The van der Waals surface area contributed by atoms with E-state index in [2.05, 4.69) is 66.7 Å². The smallest absolute Gasteiger partial charge is 0.0645 e. The molecule has 1 heteroatoms. The Morgan fingerprint density at radius 2 is 0.951 bits per heavy atom. The van der Waals surface area contributed by atoms with Crippen LogP contribution in [0.3, 0.4) is 0 Å². The van der Waals surface area contributed by atoms with Crippen LogP contribution < -0.4 is 4.90 Å². The fourth-order valence-corrected chi connectivity index (χ4v) is 5.95. The second-order valence-electron chi connectivity index (χ2n) is 10.2. The van der Waals surface area contributed by atoms with Crippen LogP contribution in [0.2, 0.25) is 0 Å². The summed E-state index contributed by atoms with van der Waals surface area (Å²) in [5.74, 6) is 0. The van der Waals surface area contributed by atoms with E-state index in [0.29, 0.717) is 5.69 Å². The summed E-state index contributed by atoms with van der Waals surface area (Å²) in [5.41, 5.74) is 3.62. The first-order valence-corrected chi connectivity index (χ1v) is 13.7. The van der Waals surface area contributed by atoms with Crippen LogP contribution in [0, 0.1) is 0 Å². The summed E-state index contributed by atoms with van der Waals surface area (Å²) < 4.78 is 43.1. The molecule has 0 aliphatic rings. The van der Waals surface area contributed by atoms with Gasteiger partial charge >= 0.3 is 0 Å². The highest BCUT2D eigenvalue weighted by molar-refractivity contribution is 6.14. The molecule has 0 fully saturated rings. The van der Waals surface area contributed by atoms with Gasteiger partial charge in [-0.2, -0.15) is 0 Å². The Morgan fingerprint density at radius 3 is 1.71 bits per heavy atom. The first-order valence-electron chi connectivity index (χ1n) is 16.2. The Hall–Kier alpha value is -5.40. The van der Waals surface area contributed by atoms with Crippen molar-refractivity contribution >= 4 is 60.2 Å². The highest BCUT2D eigenvalue weighted by Crippen LogP contribution is 2.42. The summed E-state index contributed by atoms with van der Waals surface area (Å²) in [6.45, 7) is 0. The maximum atomic E-state index is 8.94. The van der Waals surface area contributed by atoms with Crippen LogP contribution in [0.25, 0.3) is 54.2 Å². The molecule has 0 unspecified atom stereocenters. The topological polar surface area (TPSA) is 3.24 Å². The molecular formula is C40H27N. The van der Waals surface area contributed by atoms with E-state index < -0.39 is 6.04 Å². The fraction of sp³-hybridized carbons (Fsp3) is 0. The molecule has 8 aromatic rings. The fourth-order valence-electron chi connectivity index (χ4n) is 5.95. The molecule has 41 heavy (non-hydrogen) atoms. The van der Waals surface area contributed by atoms with Crippen LogP contribution in [-0.4, -0.2) is 0 Å². The van der Waals surface area contributed by atoms with Crippen LogP contribution in [0.1, 0.15) is 6.85 Å². The lowest BCUT2D eigenvalue weighted by molar-refractivity contribution is 1.30. The maximum absolute atomic E-state index is 8.94. The van der Waals surface area contributed by atoms with Gasteiger partial charge in [-0.25, -0.2) is 0 Å². The molecule has 8 aromatic carbocycles. The van der Waals surface area contributed by atoms with E-state index in [1.165, 1.54) is 21.5 Å². The summed E-state index contributed by atoms with van der Waals surface area (Å²) in [6.07, 6.45) is 0. The third kappa shape index (κ3) is 4.02. The average molecular weight is 527 g/mol. The molecule has 0 atom stereocenters. The van der Waals surface area contributed by atoms with Gasteiger partial charge in [0.2, 0.25) is 0 Å². The first-order chi connectivity index (χ1) is 22.4. The van der Waals surface area contributed by atoms with Crippen molar-refractivity contribution in [3.8, 4) is 11.1 Å². The van der Waals surface area contributed by atoms with Gasteiger partial charge in [0.05, 0.1) is 12.5 Å². The summed E-state index contributed by atoms with van der Waals surface area (Å²) in [4.78, 5) is 1.81. The Labute approximate surface area is 246 Å². The second-order valence-corrected chi connectivity index (χ2v) is 10.2. The third-order valence-electron chi connectivity index (χ3n) is 7.90. The molecule has 0 bridgehead atoms. The molecule has 0 heterocycles. The second kappa shape index (κ2) is 9.66. The van der Waals surface area contributed by atoms with Gasteiger partial charge in [0.25, 0.3) is 0 Å². The Kier molecular flexibility index (Phi) is 4.43. The summed E-state index contributed by atoms with van der Waals surface area (Å²) in [6, 6.07) is 43.7. The van der Waals surface area contributed by atoms with Gasteiger partial charge in [0, 0.05) is 16.8 Å². The molecule has 0 N–H and O–H groups in total. The molecule has 0 radical (unpaired) electrons. The lowest BCUT2D eigenvalue weighted by Gasteiger charge is -2.27. The van der Waals surface area contributed by atoms with Gasteiger partial charge in [-0.3, -0.25) is 0 Å². The predicted octanol–water partition coefficient (Wildman–Crippen LogP) is 11.4. The van der Waals surface area contributed by atoms with Crippen molar-refractivity contribution in [3.63, 3.8) is 0 Å². The number of nitrogens with zero attached hydrogens (tertiary/aromatic N) is 1. The van der Waals surface area contributed by atoms with Crippen molar-refractivity contribution in [1.82, 2.24) is 0 Å². The summed E-state index contributed by atoms with van der Waals surface area (Å²) in [7, 11) is 0. The van der Waals surface area contributed by atoms with Gasteiger partial charge in [-0.15, -0.1) is 0 Å². The van der Waals surface area contributed by atoms with Crippen LogP contribution in [0.15, 0.2) is 164 Å². The normalized spacial score (nSPS) is 13.1. The molecule has 0 saturated heterocycles. The first kappa shape index (κ1) is 18.8. The number of benzene rings is 8. The minimum absolute atomic E-state index is 0.108. The molecular weight excluding hydrogens is 494 g/mol. The van der Waals surface area contributed by atoms with Crippen LogP contribution >= 0.6 is 0 Å². The molecule has 0 aromatic heterocycles. The quantitative estimate of drug-likeness (QED) is 0.206. The molecule has 1 nitrogen and oxygen atoms in total. The molecule has 0 amide bonds. The van der Waals surface area contributed by atoms with E-state index in [-0.39, 0.29) is 29.9 Å². The van der Waals surface area contributed by atoms with Crippen LogP contribution in [0.4, 0.5) is 17.1 Å². The van der Waals surface area contributed by atoms with E-state index in [4.69, 9.17) is 6.85 Å². The van der Waals surface area contributed by atoms with Gasteiger partial charge in [-0.05, 0) is 85.2 Å². The zero-order valence-electron chi connectivity index (χ0n) is 27.1. The number of anilines is 3. The van der Waals surface area contributed by atoms with Crippen LogP contribution in [0.5, 0.6) is 0 Å². The van der Waals surface area contributed by atoms with E-state index in [1.807, 2.05) is 71.6 Å². The number of hydrogen-bond donors (Lipinski definition) is 0. The maximum Gasteiger partial charge on any atom is 0.0645 e. The number of hydrogen-bond acceptors (Lipinski definition) is 1. The minimum Gasteiger partial charge on any atom is -0.310 e. The molecule has 8 rings (SSSR count). The Morgan fingerprint density at radius 1 is 0.390 bits per heavy atom. The monoisotopic (exact) mass is 526 g/mol. The van der Waals surface area contributed by atoms with Crippen molar-refractivity contribution < 1.29 is 6.85 Å². The zero-order chi connectivity index (χ0) is 31.5. The lowest BCUT2D eigenvalue weighted by atomic mass is 9.96. The Balaban J connectivity index is 1.35. The third-order valence-corrected chi connectivity index (χ3v) is 7.90. The predicted molar refractivity (Wildman–Crippen MR) is 177 cm³/mol. The van der Waals surface area contributed by atoms with Gasteiger partial charge in [0.15, 0.2) is 0 Å². The molecule has 0 saturated carbocycles. The average Bonchev–Trinajstić information content (AvgIpc) is 3.11. The number of fused-ring (bicyclic) bond motifs is 6. The standard InChI is InChI=1S/C40H27N/c1-2-12-33(13-3-1)41(40-27-32-11-5-7-15-36(32)37-16-8-9-17-38(37)40)34-24-22-28(23-25-34)31-21-20-30-19-18-29-10-4-6-14-35(29)39(30)26-31/h1-27H/i1D,2D,3D,12D,13D. The minimum atomic E-state index is -0.416. The van der Waals surface area contributed by atoms with Crippen molar-refractivity contribution in [2.24, 2.45) is 0 Å². The SMILES string of the molecule is [2H]c1c([2H])c([2H])c(N(c2ccc(-c3ccc4ccc5ccccc5c4c3)cc2)c2cc3ccccc3c3ccccc23)c([2H])c1[2H]. The van der Waals surface area contributed by atoms with E-state index in [9.17, 15) is 0 Å². The summed E-state index contributed by atoms with van der Waals surface area (Å²) >= 11 is 0. The zero-order valence-corrected chi connectivity index (χ0v) is 22.1. The van der Waals surface area contributed by atoms with Gasteiger partial charge in [0.1, 0.15) is 0 Å². The van der Waals surface area contributed by atoms with Crippen molar-refractivity contribution in [3.05, 3.63) is 164 Å². The van der Waals surface area contributed by atoms with Crippen molar-refractivity contribution in [1.29, 1.82) is 0 Å². The van der Waals surface area contributed by atoms with E-state index in [1.54, 1.807) is 0 Å². The molecule has 0 aliphatic carbocycles.